The van der Waals surface area contributed by atoms with E-state index in [2.05, 4.69) is 0 Å². The lowest BCUT2D eigenvalue weighted by Gasteiger charge is -2.45. The Bertz CT molecular complexity index is 311. The maximum atomic E-state index is 11.4. The van der Waals surface area contributed by atoms with Crippen molar-refractivity contribution in [1.82, 2.24) is 0 Å². The normalized spacial score (nSPS) is 45.3. The molecule has 6 atom stereocenters. The summed E-state index contributed by atoms with van der Waals surface area (Å²) in [6.07, 6.45) is -1.14. The van der Waals surface area contributed by atoms with Crippen LogP contribution in [0.15, 0.2) is 0 Å². The highest BCUT2D eigenvalue weighted by Crippen LogP contribution is 2.54. The largest absolute Gasteiger partial charge is 0.481 e. The number of aliphatic hydroxyl groups is 1. The van der Waals surface area contributed by atoms with Gasteiger partial charge in [0.05, 0.1) is 17.9 Å². The van der Waals surface area contributed by atoms with Gasteiger partial charge in [-0.1, -0.05) is 0 Å². The van der Waals surface area contributed by atoms with Crippen LogP contribution in [-0.4, -0.2) is 34.4 Å². The van der Waals surface area contributed by atoms with E-state index in [1.807, 2.05) is 0 Å². The Morgan fingerprint density at radius 3 is 2.60 bits per heavy atom. The molecule has 0 bridgehead atoms. The van der Waals surface area contributed by atoms with E-state index < -0.39 is 29.8 Å². The highest BCUT2D eigenvalue weighted by molar-refractivity contribution is 5.83. The van der Waals surface area contributed by atoms with Crippen LogP contribution in [0.1, 0.15) is 13.8 Å². The zero-order valence-corrected chi connectivity index (χ0v) is 8.58. The Kier molecular flexibility index (Phi) is 2.22. The molecule has 1 aliphatic heterocycles. The average Bonchev–Trinajstić information content (AvgIpc) is 2.19. The van der Waals surface area contributed by atoms with Crippen LogP contribution in [0.5, 0.6) is 0 Å². The predicted molar refractivity (Wildman–Crippen MR) is 48.8 cm³/mol. The first-order chi connectivity index (χ1) is 6.95. The van der Waals surface area contributed by atoms with E-state index in [1.54, 1.807) is 6.92 Å². The fourth-order valence-electron chi connectivity index (χ4n) is 2.98. The average molecular weight is 214 g/mol. The number of rotatable bonds is 2. The third-order valence-corrected chi connectivity index (χ3v) is 3.62. The zero-order chi connectivity index (χ0) is 11.3. The molecule has 0 radical (unpaired) electrons. The van der Waals surface area contributed by atoms with E-state index in [4.69, 9.17) is 9.84 Å². The number of hydrogen-bond donors (Lipinski definition) is 2. The van der Waals surface area contributed by atoms with Crippen molar-refractivity contribution in [2.75, 3.05) is 0 Å². The molecular formula is C10H14O5. The number of aliphatic hydroxyl groups excluding tert-OH is 1. The van der Waals surface area contributed by atoms with E-state index in [0.717, 1.165) is 0 Å². The highest BCUT2D eigenvalue weighted by atomic mass is 16.6. The predicted octanol–water partition coefficient (Wildman–Crippen LogP) is -0.124. The topological polar surface area (TPSA) is 83.8 Å². The maximum absolute atomic E-state index is 11.4. The molecule has 84 valence electrons. The first kappa shape index (κ1) is 10.4. The van der Waals surface area contributed by atoms with Crippen LogP contribution in [0.2, 0.25) is 0 Å². The summed E-state index contributed by atoms with van der Waals surface area (Å²) in [5.41, 5.74) is 0. The number of esters is 1. The molecule has 5 nitrogen and oxygen atoms in total. The summed E-state index contributed by atoms with van der Waals surface area (Å²) in [7, 11) is 0. The summed E-state index contributed by atoms with van der Waals surface area (Å²) in [5, 5.41) is 18.5. The molecule has 0 amide bonds. The lowest BCUT2D eigenvalue weighted by molar-refractivity contribution is -0.167. The number of carboxylic acid groups (broad SMARTS) is 1. The van der Waals surface area contributed by atoms with Gasteiger partial charge in [-0.15, -0.1) is 0 Å². The number of carbonyl (C=O) groups excluding carboxylic acids is 1. The van der Waals surface area contributed by atoms with Crippen molar-refractivity contribution < 1.29 is 24.5 Å². The Morgan fingerprint density at radius 1 is 1.53 bits per heavy atom. The van der Waals surface area contributed by atoms with Crippen LogP contribution in [0, 0.1) is 23.7 Å². The zero-order valence-electron chi connectivity index (χ0n) is 8.58. The van der Waals surface area contributed by atoms with Crippen molar-refractivity contribution in [2.45, 2.75) is 26.1 Å². The summed E-state index contributed by atoms with van der Waals surface area (Å²) < 4.78 is 5.00. The molecule has 2 aliphatic rings. The smallest absolute Gasteiger partial charge is 0.310 e. The third kappa shape index (κ3) is 1.26. The molecule has 1 heterocycles. The van der Waals surface area contributed by atoms with Gasteiger partial charge in [-0.25, -0.2) is 0 Å². The Balaban J connectivity index is 2.26. The number of aliphatic carboxylic acids is 1. The minimum atomic E-state index is -0.952. The molecule has 1 saturated heterocycles. The van der Waals surface area contributed by atoms with Gasteiger partial charge in [-0.05, 0) is 13.8 Å². The minimum absolute atomic E-state index is 0.269. The van der Waals surface area contributed by atoms with Crippen molar-refractivity contribution in [3.05, 3.63) is 0 Å². The van der Waals surface area contributed by atoms with Gasteiger partial charge in [0, 0.05) is 11.8 Å². The van der Waals surface area contributed by atoms with E-state index in [0.29, 0.717) is 0 Å². The molecule has 2 rings (SSSR count). The van der Waals surface area contributed by atoms with Crippen LogP contribution < -0.4 is 0 Å². The number of fused-ring (bicyclic) bond motifs is 1. The van der Waals surface area contributed by atoms with Gasteiger partial charge in [0.1, 0.15) is 6.10 Å². The standard InChI is InChI=1S/C10H14O5/c1-3(11)5-7(9(12)13)6-4(2)15-10(14)8(5)6/h3-8,11H,1-2H3,(H,12,13)/t3-,4+,5-,6+,7+,8-/m1/s1. The number of cyclic esters (lactones) is 1. The molecule has 0 aromatic heterocycles. The quantitative estimate of drug-likeness (QED) is 0.626. The van der Waals surface area contributed by atoms with Crippen LogP contribution in [0.4, 0.5) is 0 Å². The number of ether oxygens (including phenoxy) is 1. The van der Waals surface area contributed by atoms with E-state index in [1.165, 1.54) is 6.92 Å². The van der Waals surface area contributed by atoms with E-state index in [-0.39, 0.29) is 18.0 Å². The summed E-state index contributed by atoms with van der Waals surface area (Å²) in [6, 6.07) is 0. The summed E-state index contributed by atoms with van der Waals surface area (Å²) >= 11 is 0. The molecule has 5 heteroatoms. The number of carboxylic acids is 1. The molecule has 0 spiro atoms. The van der Waals surface area contributed by atoms with Gasteiger partial charge in [-0.3, -0.25) is 9.59 Å². The molecule has 2 fully saturated rings. The molecule has 15 heavy (non-hydrogen) atoms. The van der Waals surface area contributed by atoms with Crippen LogP contribution in [-0.2, 0) is 14.3 Å². The van der Waals surface area contributed by atoms with Gasteiger partial charge in [0.15, 0.2) is 0 Å². The van der Waals surface area contributed by atoms with Gasteiger partial charge in [0.2, 0.25) is 0 Å². The van der Waals surface area contributed by atoms with E-state index >= 15 is 0 Å². The second kappa shape index (κ2) is 3.20. The first-order valence-electron chi connectivity index (χ1n) is 5.06. The summed E-state index contributed by atoms with van der Waals surface area (Å²) in [6.45, 7) is 3.23. The second-order valence-corrected chi connectivity index (χ2v) is 4.43. The number of carbonyl (C=O) groups is 2. The Labute approximate surface area is 87.0 Å². The molecule has 0 aromatic rings. The lowest BCUT2D eigenvalue weighted by atomic mass is 9.54. The highest BCUT2D eigenvalue weighted by Gasteiger charge is 2.65. The van der Waals surface area contributed by atoms with Crippen LogP contribution in [0.25, 0.3) is 0 Å². The molecule has 0 unspecified atom stereocenters. The minimum Gasteiger partial charge on any atom is -0.481 e. The molecule has 0 aromatic carbocycles. The summed E-state index contributed by atoms with van der Waals surface area (Å²) in [5.74, 6) is -3.17. The monoisotopic (exact) mass is 214 g/mol. The molecule has 2 N–H and O–H groups in total. The second-order valence-electron chi connectivity index (χ2n) is 4.43. The molecular weight excluding hydrogens is 200 g/mol. The lowest BCUT2D eigenvalue weighted by Crippen LogP contribution is -2.56. The fraction of sp³-hybridized carbons (Fsp3) is 0.800. The van der Waals surface area contributed by atoms with Crippen molar-refractivity contribution in [3.8, 4) is 0 Å². The number of hydrogen-bond acceptors (Lipinski definition) is 4. The molecule has 1 aliphatic carbocycles. The van der Waals surface area contributed by atoms with Crippen LogP contribution >= 0.6 is 0 Å². The van der Waals surface area contributed by atoms with Crippen molar-refractivity contribution in [3.63, 3.8) is 0 Å². The fourth-order valence-corrected chi connectivity index (χ4v) is 2.98. The third-order valence-electron chi connectivity index (χ3n) is 3.62. The maximum Gasteiger partial charge on any atom is 0.310 e. The summed E-state index contributed by atoms with van der Waals surface area (Å²) in [4.78, 5) is 22.4. The SMILES string of the molecule is C[C@@H]1OC(=O)[C@H]2[C@@H]1[C@@H](C(=O)O)[C@H]2[C@@H](C)O. The first-order valence-corrected chi connectivity index (χ1v) is 5.06. The Hall–Kier alpha value is -1.10. The Morgan fingerprint density at radius 2 is 2.13 bits per heavy atom. The van der Waals surface area contributed by atoms with Gasteiger partial charge in [0.25, 0.3) is 0 Å². The molecule has 1 saturated carbocycles. The van der Waals surface area contributed by atoms with Crippen LogP contribution in [0.3, 0.4) is 0 Å². The van der Waals surface area contributed by atoms with Gasteiger partial charge < -0.3 is 14.9 Å². The van der Waals surface area contributed by atoms with Gasteiger partial charge in [-0.2, -0.15) is 0 Å². The van der Waals surface area contributed by atoms with Crippen molar-refractivity contribution in [2.24, 2.45) is 23.7 Å². The van der Waals surface area contributed by atoms with Crippen molar-refractivity contribution >= 4 is 11.9 Å². The van der Waals surface area contributed by atoms with Crippen molar-refractivity contribution in [1.29, 1.82) is 0 Å². The van der Waals surface area contributed by atoms with E-state index in [9.17, 15) is 14.7 Å². The van der Waals surface area contributed by atoms with Gasteiger partial charge >= 0.3 is 11.9 Å².